The molecule has 0 saturated carbocycles. The van der Waals surface area contributed by atoms with Crippen LogP contribution in [-0.4, -0.2) is 17.4 Å². The van der Waals surface area contributed by atoms with Gasteiger partial charge in [0, 0.05) is 23.1 Å². The first kappa shape index (κ1) is 14.4. The highest BCUT2D eigenvalue weighted by Crippen LogP contribution is 2.25. The largest absolute Gasteiger partial charge is 0.350 e. The van der Waals surface area contributed by atoms with Gasteiger partial charge in [-0.15, -0.1) is 0 Å². The van der Waals surface area contributed by atoms with Crippen LogP contribution in [0.2, 0.25) is 0 Å². The number of para-hydroxylation sites is 1. The SMILES string of the molecule is CCN(C(=O)c1[nH]c2cc(C)ccc2c1C)c1ccccc1. The normalized spacial score (nSPS) is 10.9. The van der Waals surface area contributed by atoms with Crippen molar-refractivity contribution in [2.45, 2.75) is 20.8 Å². The molecule has 3 rings (SSSR count). The monoisotopic (exact) mass is 292 g/mol. The van der Waals surface area contributed by atoms with Crippen molar-refractivity contribution >= 4 is 22.5 Å². The Morgan fingerprint density at radius 2 is 1.82 bits per heavy atom. The van der Waals surface area contributed by atoms with E-state index in [0.29, 0.717) is 12.2 Å². The number of aryl methyl sites for hydroxylation is 2. The lowest BCUT2D eigenvalue weighted by atomic mass is 10.1. The molecule has 2 aromatic carbocycles. The molecule has 3 heteroatoms. The summed E-state index contributed by atoms with van der Waals surface area (Å²) in [7, 11) is 0. The maximum Gasteiger partial charge on any atom is 0.274 e. The average molecular weight is 292 g/mol. The van der Waals surface area contributed by atoms with Gasteiger partial charge in [0.15, 0.2) is 0 Å². The van der Waals surface area contributed by atoms with Crippen molar-refractivity contribution in [2.24, 2.45) is 0 Å². The molecule has 0 atom stereocenters. The third kappa shape index (κ3) is 2.39. The molecule has 0 aliphatic carbocycles. The van der Waals surface area contributed by atoms with Crippen molar-refractivity contribution in [1.29, 1.82) is 0 Å². The van der Waals surface area contributed by atoms with Gasteiger partial charge >= 0.3 is 0 Å². The van der Waals surface area contributed by atoms with Crippen LogP contribution in [0.15, 0.2) is 48.5 Å². The Morgan fingerprint density at radius 3 is 2.50 bits per heavy atom. The zero-order chi connectivity index (χ0) is 15.7. The number of nitrogens with one attached hydrogen (secondary N) is 1. The molecule has 1 heterocycles. The second-order valence-electron chi connectivity index (χ2n) is 5.56. The fraction of sp³-hybridized carbons (Fsp3) is 0.211. The number of carbonyl (C=O) groups excluding carboxylic acids is 1. The number of nitrogens with zero attached hydrogens (tertiary/aromatic N) is 1. The van der Waals surface area contributed by atoms with Crippen molar-refractivity contribution in [3.8, 4) is 0 Å². The molecule has 112 valence electrons. The van der Waals surface area contributed by atoms with Gasteiger partial charge in [-0.2, -0.15) is 0 Å². The molecule has 3 nitrogen and oxygen atoms in total. The molecule has 0 radical (unpaired) electrons. The van der Waals surface area contributed by atoms with E-state index in [-0.39, 0.29) is 5.91 Å². The Bertz CT molecular complexity index is 818. The molecule has 22 heavy (non-hydrogen) atoms. The van der Waals surface area contributed by atoms with E-state index in [1.807, 2.05) is 44.2 Å². The van der Waals surface area contributed by atoms with E-state index in [2.05, 4.69) is 30.1 Å². The summed E-state index contributed by atoms with van der Waals surface area (Å²) in [5.74, 6) is 0.0139. The molecule has 0 unspecified atom stereocenters. The number of anilines is 1. The number of hydrogen-bond donors (Lipinski definition) is 1. The summed E-state index contributed by atoms with van der Waals surface area (Å²) in [5, 5.41) is 1.11. The minimum Gasteiger partial charge on any atom is -0.350 e. The van der Waals surface area contributed by atoms with Crippen LogP contribution in [0.25, 0.3) is 10.9 Å². The van der Waals surface area contributed by atoms with E-state index in [9.17, 15) is 4.79 Å². The van der Waals surface area contributed by atoms with Gasteiger partial charge in [0.05, 0.1) is 0 Å². The fourth-order valence-electron chi connectivity index (χ4n) is 2.85. The predicted octanol–water partition coefficient (Wildman–Crippen LogP) is 4.45. The molecule has 3 aromatic rings. The van der Waals surface area contributed by atoms with Crippen LogP contribution in [0.5, 0.6) is 0 Å². The third-order valence-electron chi connectivity index (χ3n) is 4.06. The van der Waals surface area contributed by atoms with Gasteiger partial charge < -0.3 is 9.88 Å². The predicted molar refractivity (Wildman–Crippen MR) is 91.6 cm³/mol. The van der Waals surface area contributed by atoms with Gasteiger partial charge in [0.2, 0.25) is 0 Å². The number of hydrogen-bond acceptors (Lipinski definition) is 1. The fourth-order valence-corrected chi connectivity index (χ4v) is 2.85. The maximum atomic E-state index is 12.9. The van der Waals surface area contributed by atoms with E-state index in [4.69, 9.17) is 0 Å². The van der Waals surface area contributed by atoms with E-state index in [1.165, 1.54) is 5.56 Å². The Kier molecular flexibility index (Phi) is 3.72. The summed E-state index contributed by atoms with van der Waals surface area (Å²) < 4.78 is 0. The molecule has 0 saturated heterocycles. The second kappa shape index (κ2) is 5.68. The molecule has 0 bridgehead atoms. The Labute approximate surface area is 130 Å². The molecule has 1 aromatic heterocycles. The Hall–Kier alpha value is -2.55. The van der Waals surface area contributed by atoms with Crippen molar-refractivity contribution in [2.75, 3.05) is 11.4 Å². The van der Waals surface area contributed by atoms with Crippen LogP contribution < -0.4 is 4.90 Å². The molecular formula is C19H20N2O. The zero-order valence-electron chi connectivity index (χ0n) is 13.2. The number of aromatic nitrogens is 1. The lowest BCUT2D eigenvalue weighted by molar-refractivity contribution is 0.0984. The number of carbonyl (C=O) groups is 1. The van der Waals surface area contributed by atoms with Crippen LogP contribution in [0.3, 0.4) is 0 Å². The lowest BCUT2D eigenvalue weighted by Crippen LogP contribution is -2.31. The summed E-state index contributed by atoms with van der Waals surface area (Å²) in [6, 6.07) is 16.0. The first-order valence-corrected chi connectivity index (χ1v) is 7.57. The van der Waals surface area contributed by atoms with Gasteiger partial charge in [0.1, 0.15) is 5.69 Å². The summed E-state index contributed by atoms with van der Waals surface area (Å²) in [6.07, 6.45) is 0. The van der Waals surface area contributed by atoms with Gasteiger partial charge in [-0.3, -0.25) is 4.79 Å². The minimum absolute atomic E-state index is 0.0139. The van der Waals surface area contributed by atoms with E-state index in [1.54, 1.807) is 4.90 Å². The quantitative estimate of drug-likeness (QED) is 0.760. The highest BCUT2D eigenvalue weighted by Gasteiger charge is 2.21. The van der Waals surface area contributed by atoms with Crippen LogP contribution in [0.4, 0.5) is 5.69 Å². The topological polar surface area (TPSA) is 36.1 Å². The van der Waals surface area contributed by atoms with Crippen molar-refractivity contribution in [1.82, 2.24) is 4.98 Å². The van der Waals surface area contributed by atoms with Crippen molar-refractivity contribution < 1.29 is 4.79 Å². The van der Waals surface area contributed by atoms with E-state index >= 15 is 0 Å². The van der Waals surface area contributed by atoms with Crippen molar-refractivity contribution in [3.05, 3.63) is 65.4 Å². The number of aromatic amines is 1. The highest BCUT2D eigenvalue weighted by atomic mass is 16.2. The van der Waals surface area contributed by atoms with Gasteiger partial charge in [-0.25, -0.2) is 0 Å². The van der Waals surface area contributed by atoms with Gasteiger partial charge in [-0.05, 0) is 50.1 Å². The first-order valence-electron chi connectivity index (χ1n) is 7.57. The van der Waals surface area contributed by atoms with Crippen LogP contribution in [0, 0.1) is 13.8 Å². The molecule has 0 aliphatic heterocycles. The van der Waals surface area contributed by atoms with Crippen LogP contribution in [0.1, 0.15) is 28.5 Å². The average Bonchev–Trinajstić information content (AvgIpc) is 2.85. The molecular weight excluding hydrogens is 272 g/mol. The Morgan fingerprint density at radius 1 is 1.09 bits per heavy atom. The number of amides is 1. The smallest absolute Gasteiger partial charge is 0.274 e. The second-order valence-corrected chi connectivity index (χ2v) is 5.56. The Balaban J connectivity index is 2.06. The standard InChI is InChI=1S/C19H20N2O/c1-4-21(15-8-6-5-7-9-15)19(22)18-14(3)16-11-10-13(2)12-17(16)20-18/h5-12,20H,4H2,1-3H3. The van der Waals surface area contributed by atoms with Crippen molar-refractivity contribution in [3.63, 3.8) is 0 Å². The molecule has 1 amide bonds. The lowest BCUT2D eigenvalue weighted by Gasteiger charge is -2.20. The third-order valence-corrected chi connectivity index (χ3v) is 4.06. The van der Waals surface area contributed by atoms with E-state index in [0.717, 1.165) is 22.2 Å². The number of rotatable bonds is 3. The molecule has 1 N–H and O–H groups in total. The van der Waals surface area contributed by atoms with Crippen LogP contribution in [-0.2, 0) is 0 Å². The molecule has 0 spiro atoms. The summed E-state index contributed by atoms with van der Waals surface area (Å²) in [6.45, 7) is 6.68. The summed E-state index contributed by atoms with van der Waals surface area (Å²) in [5.41, 5.74) is 4.80. The van der Waals surface area contributed by atoms with E-state index < -0.39 is 0 Å². The van der Waals surface area contributed by atoms with Gasteiger partial charge in [-0.1, -0.05) is 30.3 Å². The molecule has 0 aliphatic rings. The summed E-state index contributed by atoms with van der Waals surface area (Å²) >= 11 is 0. The maximum absolute atomic E-state index is 12.9. The number of H-pyrrole nitrogens is 1. The number of benzene rings is 2. The van der Waals surface area contributed by atoms with Crippen LogP contribution >= 0.6 is 0 Å². The summed E-state index contributed by atoms with van der Waals surface area (Å²) in [4.78, 5) is 18.0. The van der Waals surface area contributed by atoms with Gasteiger partial charge in [0.25, 0.3) is 5.91 Å². The molecule has 0 fully saturated rings. The zero-order valence-corrected chi connectivity index (χ0v) is 13.2. The number of fused-ring (bicyclic) bond motifs is 1. The highest BCUT2D eigenvalue weighted by molar-refractivity contribution is 6.09. The first-order chi connectivity index (χ1) is 10.6. The minimum atomic E-state index is 0.0139.